The smallest absolute Gasteiger partial charge is 0.308 e. The van der Waals surface area contributed by atoms with Gasteiger partial charge in [0, 0.05) is 25.3 Å². The molecule has 0 unspecified atom stereocenters. The zero-order valence-electron chi connectivity index (χ0n) is 13.3. The Labute approximate surface area is 127 Å². The van der Waals surface area contributed by atoms with Gasteiger partial charge in [-0.15, -0.1) is 0 Å². The molecule has 0 bridgehead atoms. The van der Waals surface area contributed by atoms with Gasteiger partial charge in [-0.1, -0.05) is 0 Å². The van der Waals surface area contributed by atoms with Crippen molar-refractivity contribution in [2.75, 3.05) is 26.4 Å². The molecule has 0 aromatic rings. The van der Waals surface area contributed by atoms with E-state index in [0.29, 0.717) is 26.0 Å². The Balaban J connectivity index is 1.78. The average molecular weight is 299 g/mol. The number of ether oxygens (including phenoxy) is 2. The molecule has 1 heterocycles. The van der Waals surface area contributed by atoms with E-state index < -0.39 is 5.60 Å². The SMILES string of the molecule is CCOC(=O)C1CCC(O)(CNC2(C)CCOCC2)CC1. The number of nitrogens with one attached hydrogen (secondary N) is 1. The highest BCUT2D eigenvalue weighted by molar-refractivity contribution is 5.72. The zero-order valence-corrected chi connectivity index (χ0v) is 13.3. The van der Waals surface area contributed by atoms with E-state index in [1.54, 1.807) is 0 Å². The lowest BCUT2D eigenvalue weighted by atomic mass is 9.78. The second kappa shape index (κ2) is 7.07. The number of esters is 1. The van der Waals surface area contributed by atoms with Crippen LogP contribution in [0.3, 0.4) is 0 Å². The maximum Gasteiger partial charge on any atom is 0.308 e. The molecule has 0 amide bonds. The standard InChI is InChI=1S/C16H29NO4/c1-3-21-14(18)13-4-6-16(19,7-5-13)12-17-15(2)8-10-20-11-9-15/h13,17,19H,3-12H2,1-2H3. The van der Waals surface area contributed by atoms with Crippen molar-refractivity contribution in [3.05, 3.63) is 0 Å². The molecule has 5 nitrogen and oxygen atoms in total. The van der Waals surface area contributed by atoms with Gasteiger partial charge in [-0.25, -0.2) is 0 Å². The number of carbonyl (C=O) groups is 1. The van der Waals surface area contributed by atoms with Gasteiger partial charge in [0.05, 0.1) is 18.1 Å². The quantitative estimate of drug-likeness (QED) is 0.755. The van der Waals surface area contributed by atoms with Crippen LogP contribution in [0.4, 0.5) is 0 Å². The highest BCUT2D eigenvalue weighted by Crippen LogP contribution is 2.33. The van der Waals surface area contributed by atoms with E-state index in [1.165, 1.54) is 0 Å². The fourth-order valence-electron chi connectivity index (χ4n) is 3.20. The second-order valence-corrected chi connectivity index (χ2v) is 6.78. The fraction of sp³-hybridized carbons (Fsp3) is 0.938. The first-order valence-electron chi connectivity index (χ1n) is 8.18. The normalized spacial score (nSPS) is 32.6. The van der Waals surface area contributed by atoms with Crippen LogP contribution in [0.5, 0.6) is 0 Å². The predicted octanol–water partition coefficient (Wildman–Crippen LogP) is 1.63. The molecule has 1 saturated heterocycles. The molecule has 0 aromatic heterocycles. The summed E-state index contributed by atoms with van der Waals surface area (Å²) in [6, 6.07) is 0. The molecular weight excluding hydrogens is 270 g/mol. The number of hydrogen-bond acceptors (Lipinski definition) is 5. The van der Waals surface area contributed by atoms with Crippen LogP contribution in [0.15, 0.2) is 0 Å². The molecule has 2 fully saturated rings. The van der Waals surface area contributed by atoms with E-state index in [0.717, 1.165) is 38.9 Å². The van der Waals surface area contributed by atoms with Crippen molar-refractivity contribution in [3.63, 3.8) is 0 Å². The van der Waals surface area contributed by atoms with Gasteiger partial charge in [-0.3, -0.25) is 4.79 Å². The summed E-state index contributed by atoms with van der Waals surface area (Å²) < 4.78 is 10.5. The number of rotatable bonds is 5. The van der Waals surface area contributed by atoms with Crippen molar-refractivity contribution in [3.8, 4) is 0 Å². The minimum Gasteiger partial charge on any atom is -0.466 e. The summed E-state index contributed by atoms with van der Waals surface area (Å²) in [4.78, 5) is 11.7. The minimum atomic E-state index is -0.690. The van der Waals surface area contributed by atoms with Gasteiger partial charge in [0.2, 0.25) is 0 Å². The first-order valence-corrected chi connectivity index (χ1v) is 8.18. The van der Waals surface area contributed by atoms with Crippen LogP contribution in [0.2, 0.25) is 0 Å². The molecule has 1 saturated carbocycles. The Bertz CT molecular complexity index is 344. The number of carbonyl (C=O) groups excluding carboxylic acids is 1. The van der Waals surface area contributed by atoms with Gasteiger partial charge in [0.25, 0.3) is 0 Å². The van der Waals surface area contributed by atoms with Gasteiger partial charge in [0.15, 0.2) is 0 Å². The second-order valence-electron chi connectivity index (χ2n) is 6.78. The van der Waals surface area contributed by atoms with Crippen molar-refractivity contribution in [1.29, 1.82) is 0 Å². The molecule has 2 N–H and O–H groups in total. The molecular formula is C16H29NO4. The Hall–Kier alpha value is -0.650. The first-order chi connectivity index (χ1) is 9.96. The van der Waals surface area contributed by atoms with Gasteiger partial charge in [-0.05, 0) is 52.4 Å². The first kappa shape index (κ1) is 16.7. The highest BCUT2D eigenvalue weighted by atomic mass is 16.5. The van der Waals surface area contributed by atoms with Crippen LogP contribution in [-0.2, 0) is 14.3 Å². The third kappa shape index (κ3) is 4.66. The Morgan fingerprint density at radius 1 is 1.29 bits per heavy atom. The van der Waals surface area contributed by atoms with Crippen LogP contribution in [-0.4, -0.2) is 48.6 Å². The van der Waals surface area contributed by atoms with E-state index in [9.17, 15) is 9.90 Å². The Morgan fingerprint density at radius 2 is 1.90 bits per heavy atom. The molecule has 0 radical (unpaired) electrons. The highest BCUT2D eigenvalue weighted by Gasteiger charge is 2.38. The summed E-state index contributed by atoms with van der Waals surface area (Å²) in [5.41, 5.74) is -0.629. The molecule has 1 aliphatic carbocycles. The maximum atomic E-state index is 11.7. The third-order valence-electron chi connectivity index (χ3n) is 4.98. The molecule has 0 aromatic carbocycles. The van der Waals surface area contributed by atoms with Crippen LogP contribution in [0.1, 0.15) is 52.4 Å². The number of aliphatic hydroxyl groups is 1. The largest absolute Gasteiger partial charge is 0.466 e. The summed E-state index contributed by atoms with van der Waals surface area (Å²) in [6.07, 6.45) is 4.73. The Morgan fingerprint density at radius 3 is 2.48 bits per heavy atom. The van der Waals surface area contributed by atoms with Crippen molar-refractivity contribution in [2.24, 2.45) is 5.92 Å². The molecule has 0 spiro atoms. The van der Waals surface area contributed by atoms with Gasteiger partial charge in [-0.2, -0.15) is 0 Å². The van der Waals surface area contributed by atoms with Crippen molar-refractivity contribution >= 4 is 5.97 Å². The van der Waals surface area contributed by atoms with E-state index >= 15 is 0 Å². The summed E-state index contributed by atoms with van der Waals surface area (Å²) in [5.74, 6) is -0.146. The van der Waals surface area contributed by atoms with Crippen LogP contribution in [0.25, 0.3) is 0 Å². The number of hydrogen-bond donors (Lipinski definition) is 2. The molecule has 122 valence electrons. The lowest BCUT2D eigenvalue weighted by molar-refractivity contribution is -0.151. The third-order valence-corrected chi connectivity index (χ3v) is 4.98. The van der Waals surface area contributed by atoms with Crippen LogP contribution in [0, 0.1) is 5.92 Å². The lowest BCUT2D eigenvalue weighted by Gasteiger charge is -2.40. The monoisotopic (exact) mass is 299 g/mol. The Kier molecular flexibility index (Phi) is 5.63. The van der Waals surface area contributed by atoms with Crippen LogP contribution < -0.4 is 5.32 Å². The van der Waals surface area contributed by atoms with Crippen LogP contribution >= 0.6 is 0 Å². The van der Waals surface area contributed by atoms with Gasteiger partial charge >= 0.3 is 5.97 Å². The molecule has 2 rings (SSSR count). The molecule has 1 aliphatic heterocycles. The molecule has 0 atom stereocenters. The van der Waals surface area contributed by atoms with Gasteiger partial charge in [0.1, 0.15) is 0 Å². The summed E-state index contributed by atoms with van der Waals surface area (Å²) >= 11 is 0. The van der Waals surface area contributed by atoms with E-state index in [2.05, 4.69) is 12.2 Å². The average Bonchev–Trinajstić information content (AvgIpc) is 2.47. The lowest BCUT2D eigenvalue weighted by Crippen LogP contribution is -2.54. The molecule has 2 aliphatic rings. The summed E-state index contributed by atoms with van der Waals surface area (Å²) in [6.45, 7) is 6.62. The van der Waals surface area contributed by atoms with Gasteiger partial charge < -0.3 is 19.9 Å². The molecule has 5 heteroatoms. The zero-order chi connectivity index (χ0) is 15.3. The minimum absolute atomic E-state index is 0.0381. The number of β-amino-alcohol motifs (C(OH)–C–C–N with tert-alkyl or cyclic N) is 1. The van der Waals surface area contributed by atoms with Crippen molar-refractivity contribution in [1.82, 2.24) is 5.32 Å². The van der Waals surface area contributed by atoms with Crippen molar-refractivity contribution < 1.29 is 19.4 Å². The van der Waals surface area contributed by atoms with E-state index in [4.69, 9.17) is 9.47 Å². The van der Waals surface area contributed by atoms with Crippen molar-refractivity contribution in [2.45, 2.75) is 63.5 Å². The summed E-state index contributed by atoms with van der Waals surface area (Å²) in [5, 5.41) is 14.2. The van der Waals surface area contributed by atoms with E-state index in [1.807, 2.05) is 6.92 Å². The fourth-order valence-corrected chi connectivity index (χ4v) is 3.20. The topological polar surface area (TPSA) is 67.8 Å². The maximum absolute atomic E-state index is 11.7. The molecule has 21 heavy (non-hydrogen) atoms. The predicted molar refractivity (Wildman–Crippen MR) is 80.0 cm³/mol. The van der Waals surface area contributed by atoms with E-state index in [-0.39, 0.29) is 17.4 Å². The summed E-state index contributed by atoms with van der Waals surface area (Å²) in [7, 11) is 0.